The standard InChI is InChI=1S/C32H56/c1-3-5-6-26-9-13-28(14-10-26)30-17-21-32(22-18-30)23-31(24-32)19-15-29(16-20-31)27-11-7-25(4-2)8-12-27/h25-30H,3-24H2,1-2H3. The van der Waals surface area contributed by atoms with Crippen molar-refractivity contribution in [1.82, 2.24) is 0 Å². The van der Waals surface area contributed by atoms with Gasteiger partial charge >= 0.3 is 0 Å². The van der Waals surface area contributed by atoms with E-state index >= 15 is 0 Å². The molecular weight excluding hydrogens is 384 g/mol. The van der Waals surface area contributed by atoms with E-state index in [1.54, 1.807) is 116 Å². The molecule has 0 aromatic carbocycles. The maximum atomic E-state index is 2.41. The van der Waals surface area contributed by atoms with Gasteiger partial charge < -0.3 is 0 Å². The quantitative estimate of drug-likeness (QED) is 0.385. The molecule has 0 amide bonds. The van der Waals surface area contributed by atoms with Gasteiger partial charge in [-0.1, -0.05) is 65.2 Å². The van der Waals surface area contributed by atoms with E-state index < -0.39 is 0 Å². The Balaban J connectivity index is 1.02. The Bertz CT molecular complexity index is 547. The van der Waals surface area contributed by atoms with Crippen molar-refractivity contribution in [2.75, 3.05) is 0 Å². The first kappa shape index (κ1) is 23.7. The molecule has 5 aliphatic carbocycles. The zero-order chi connectivity index (χ0) is 22.0. The van der Waals surface area contributed by atoms with Crippen LogP contribution in [-0.4, -0.2) is 0 Å². The van der Waals surface area contributed by atoms with Crippen LogP contribution in [0.2, 0.25) is 0 Å². The summed E-state index contributed by atoms with van der Waals surface area (Å²) in [5.74, 6) is 6.59. The van der Waals surface area contributed by atoms with Crippen LogP contribution < -0.4 is 0 Å². The molecule has 5 fully saturated rings. The number of rotatable bonds is 6. The lowest BCUT2D eigenvalue weighted by molar-refractivity contribution is -0.109. The Morgan fingerprint density at radius 1 is 0.500 bits per heavy atom. The fourth-order valence-electron chi connectivity index (χ4n) is 10.2. The van der Waals surface area contributed by atoms with Crippen LogP contribution in [0, 0.1) is 46.3 Å². The number of unbranched alkanes of at least 4 members (excludes halogenated alkanes) is 1. The molecule has 0 heterocycles. The second kappa shape index (κ2) is 10.3. The van der Waals surface area contributed by atoms with E-state index in [0.717, 1.165) is 46.3 Å². The highest BCUT2D eigenvalue weighted by Gasteiger charge is 2.56. The van der Waals surface area contributed by atoms with Gasteiger partial charge in [-0.2, -0.15) is 0 Å². The molecule has 0 aliphatic heterocycles. The normalized spacial score (nSPS) is 47.4. The van der Waals surface area contributed by atoms with Gasteiger partial charge in [0.2, 0.25) is 0 Å². The summed E-state index contributed by atoms with van der Waals surface area (Å²) in [5, 5.41) is 0. The molecule has 0 radical (unpaired) electrons. The van der Waals surface area contributed by atoms with E-state index in [1.165, 1.54) is 25.7 Å². The smallest absolute Gasteiger partial charge is 0.0287 e. The van der Waals surface area contributed by atoms with E-state index in [1.807, 2.05) is 0 Å². The average Bonchev–Trinajstić information content (AvgIpc) is 2.83. The molecule has 0 bridgehead atoms. The van der Waals surface area contributed by atoms with Gasteiger partial charge in [-0.15, -0.1) is 0 Å². The largest absolute Gasteiger partial charge is 0.0654 e. The molecule has 0 aromatic heterocycles. The maximum Gasteiger partial charge on any atom is -0.0287 e. The van der Waals surface area contributed by atoms with Crippen LogP contribution in [0.15, 0.2) is 0 Å². The third kappa shape index (κ3) is 5.15. The zero-order valence-electron chi connectivity index (χ0n) is 22.0. The second-order valence-electron chi connectivity index (χ2n) is 14.1. The van der Waals surface area contributed by atoms with E-state index in [4.69, 9.17) is 0 Å². The van der Waals surface area contributed by atoms with Gasteiger partial charge in [0.15, 0.2) is 0 Å². The van der Waals surface area contributed by atoms with Gasteiger partial charge in [0, 0.05) is 0 Å². The molecule has 184 valence electrons. The fourth-order valence-corrected chi connectivity index (χ4v) is 10.2. The second-order valence-corrected chi connectivity index (χ2v) is 14.1. The summed E-state index contributed by atoms with van der Waals surface area (Å²) in [6.07, 6.45) is 34.5. The average molecular weight is 441 g/mol. The van der Waals surface area contributed by atoms with Crippen molar-refractivity contribution in [3.63, 3.8) is 0 Å². The van der Waals surface area contributed by atoms with Crippen LogP contribution in [0.1, 0.15) is 155 Å². The van der Waals surface area contributed by atoms with Crippen molar-refractivity contribution in [3.8, 4) is 0 Å². The molecule has 0 atom stereocenters. The summed E-state index contributed by atoms with van der Waals surface area (Å²) >= 11 is 0. The number of hydrogen-bond acceptors (Lipinski definition) is 0. The third-order valence-corrected chi connectivity index (χ3v) is 12.3. The van der Waals surface area contributed by atoms with Gasteiger partial charge in [0.1, 0.15) is 0 Å². The first-order valence-corrected chi connectivity index (χ1v) is 15.6. The highest BCUT2D eigenvalue weighted by Crippen LogP contribution is 2.67. The molecule has 0 unspecified atom stereocenters. The van der Waals surface area contributed by atoms with Crippen LogP contribution in [-0.2, 0) is 0 Å². The number of hydrogen-bond donors (Lipinski definition) is 0. The van der Waals surface area contributed by atoms with Gasteiger partial charge in [-0.05, 0) is 136 Å². The lowest BCUT2D eigenvalue weighted by atomic mass is 9.43. The van der Waals surface area contributed by atoms with Gasteiger partial charge in [-0.25, -0.2) is 0 Å². The molecule has 0 aromatic rings. The van der Waals surface area contributed by atoms with Gasteiger partial charge in [-0.3, -0.25) is 0 Å². The van der Waals surface area contributed by atoms with Gasteiger partial charge in [0.05, 0.1) is 0 Å². The Morgan fingerprint density at radius 3 is 1.31 bits per heavy atom. The summed E-state index contributed by atoms with van der Waals surface area (Å²) in [5.41, 5.74) is 1.64. The Hall–Kier alpha value is 0. The Labute approximate surface area is 201 Å². The van der Waals surface area contributed by atoms with Crippen molar-refractivity contribution in [2.45, 2.75) is 155 Å². The Morgan fingerprint density at radius 2 is 0.906 bits per heavy atom. The summed E-state index contributed by atoms with van der Waals surface area (Å²) < 4.78 is 0. The van der Waals surface area contributed by atoms with Crippen molar-refractivity contribution in [2.24, 2.45) is 46.3 Å². The van der Waals surface area contributed by atoms with Crippen molar-refractivity contribution in [1.29, 1.82) is 0 Å². The van der Waals surface area contributed by atoms with E-state index in [2.05, 4.69) is 13.8 Å². The maximum absolute atomic E-state index is 2.41. The first-order valence-electron chi connectivity index (χ1n) is 15.6. The molecule has 0 heteroatoms. The predicted octanol–water partition coefficient (Wildman–Crippen LogP) is 10.3. The lowest BCUT2D eigenvalue weighted by Crippen LogP contribution is -2.50. The molecule has 5 saturated carbocycles. The minimum absolute atomic E-state index is 0.820. The summed E-state index contributed by atoms with van der Waals surface area (Å²) in [6.45, 7) is 4.77. The summed E-state index contributed by atoms with van der Waals surface area (Å²) in [7, 11) is 0. The molecule has 5 rings (SSSR count). The molecule has 32 heavy (non-hydrogen) atoms. The van der Waals surface area contributed by atoms with Crippen molar-refractivity contribution >= 4 is 0 Å². The topological polar surface area (TPSA) is 0 Å². The minimum Gasteiger partial charge on any atom is -0.0654 e. The van der Waals surface area contributed by atoms with E-state index in [0.29, 0.717) is 0 Å². The highest BCUT2D eigenvalue weighted by atomic mass is 14.6. The van der Waals surface area contributed by atoms with E-state index in [9.17, 15) is 0 Å². The zero-order valence-corrected chi connectivity index (χ0v) is 22.0. The van der Waals surface area contributed by atoms with Crippen LogP contribution in [0.5, 0.6) is 0 Å². The van der Waals surface area contributed by atoms with Crippen LogP contribution in [0.4, 0.5) is 0 Å². The minimum atomic E-state index is 0.820. The van der Waals surface area contributed by atoms with Crippen LogP contribution in [0.3, 0.4) is 0 Å². The van der Waals surface area contributed by atoms with Crippen LogP contribution >= 0.6 is 0 Å². The highest BCUT2D eigenvalue weighted by molar-refractivity contribution is 5.07. The Kier molecular flexibility index (Phi) is 7.65. The molecule has 5 aliphatic rings. The third-order valence-electron chi connectivity index (χ3n) is 12.3. The SMILES string of the molecule is CCCCC1CCC(C2CCC3(CC2)CC2(CCC(C4CCC(CC)CC4)CC2)C3)CC1. The monoisotopic (exact) mass is 440 g/mol. The van der Waals surface area contributed by atoms with Gasteiger partial charge in [0.25, 0.3) is 0 Å². The van der Waals surface area contributed by atoms with Crippen molar-refractivity contribution in [3.05, 3.63) is 0 Å². The lowest BCUT2D eigenvalue weighted by Gasteiger charge is -2.62. The molecule has 2 spiro atoms. The summed E-state index contributed by atoms with van der Waals surface area (Å²) in [4.78, 5) is 0. The predicted molar refractivity (Wildman–Crippen MR) is 139 cm³/mol. The first-order chi connectivity index (χ1) is 15.6. The molecular formula is C32H56. The molecule has 0 nitrogen and oxygen atoms in total. The van der Waals surface area contributed by atoms with E-state index in [-0.39, 0.29) is 0 Å². The molecule has 0 saturated heterocycles. The van der Waals surface area contributed by atoms with Crippen molar-refractivity contribution < 1.29 is 0 Å². The molecule has 0 N–H and O–H groups in total. The van der Waals surface area contributed by atoms with Crippen LogP contribution in [0.25, 0.3) is 0 Å². The summed E-state index contributed by atoms with van der Waals surface area (Å²) in [6, 6.07) is 0. The fraction of sp³-hybridized carbons (Fsp3) is 1.00.